The molecule has 0 unspecified atom stereocenters. The maximum atomic E-state index is 6.30. The SMILES string of the molecule is Cc1cc(CSc2ccccc2)cc2c1N[C@H](c1cccc(Cl)c1)[C@@H]1CC=C[C@H]21. The van der Waals surface area contributed by atoms with E-state index in [1.807, 2.05) is 17.8 Å². The molecule has 0 saturated carbocycles. The molecule has 0 saturated heterocycles. The average Bonchev–Trinajstić information content (AvgIpc) is 3.23. The number of nitrogens with one attached hydrogen (secondary N) is 1. The number of benzene rings is 3. The van der Waals surface area contributed by atoms with Crippen LogP contribution in [0.4, 0.5) is 5.69 Å². The van der Waals surface area contributed by atoms with Crippen LogP contribution in [-0.4, -0.2) is 0 Å². The van der Waals surface area contributed by atoms with Gasteiger partial charge in [0.05, 0.1) is 6.04 Å². The van der Waals surface area contributed by atoms with Crippen LogP contribution in [0.15, 0.2) is 83.8 Å². The quantitative estimate of drug-likeness (QED) is 0.343. The Kier molecular flexibility index (Phi) is 5.15. The fourth-order valence-electron chi connectivity index (χ4n) is 4.76. The van der Waals surface area contributed by atoms with Crippen molar-refractivity contribution in [3.8, 4) is 0 Å². The van der Waals surface area contributed by atoms with Gasteiger partial charge in [-0.05, 0) is 65.8 Å². The summed E-state index contributed by atoms with van der Waals surface area (Å²) in [6.45, 7) is 2.23. The Morgan fingerprint density at radius 1 is 1.03 bits per heavy atom. The van der Waals surface area contributed by atoms with Crippen molar-refractivity contribution in [1.82, 2.24) is 0 Å². The molecule has 0 fully saturated rings. The summed E-state index contributed by atoms with van der Waals surface area (Å²) >= 11 is 8.20. The molecule has 3 heteroatoms. The molecular weight excluding hydrogens is 394 g/mol. The van der Waals surface area contributed by atoms with Crippen molar-refractivity contribution in [3.05, 3.63) is 106 Å². The highest BCUT2D eigenvalue weighted by molar-refractivity contribution is 7.98. The monoisotopic (exact) mass is 417 g/mol. The number of halogens is 1. The molecule has 146 valence electrons. The van der Waals surface area contributed by atoms with Gasteiger partial charge >= 0.3 is 0 Å². The summed E-state index contributed by atoms with van der Waals surface area (Å²) in [6.07, 6.45) is 5.87. The molecule has 0 amide bonds. The molecule has 0 bridgehead atoms. The zero-order valence-corrected chi connectivity index (χ0v) is 18.0. The first-order valence-corrected chi connectivity index (χ1v) is 11.6. The van der Waals surface area contributed by atoms with Gasteiger partial charge in [-0.15, -0.1) is 11.8 Å². The fourth-order valence-corrected chi connectivity index (χ4v) is 5.81. The van der Waals surface area contributed by atoms with Gasteiger partial charge in [0.25, 0.3) is 0 Å². The van der Waals surface area contributed by atoms with Crippen LogP contribution in [0.3, 0.4) is 0 Å². The number of hydrogen-bond acceptors (Lipinski definition) is 2. The van der Waals surface area contributed by atoms with Crippen LogP contribution in [0.2, 0.25) is 5.02 Å². The molecule has 3 aromatic carbocycles. The van der Waals surface area contributed by atoms with Gasteiger partial charge in [0.1, 0.15) is 0 Å². The zero-order valence-electron chi connectivity index (χ0n) is 16.4. The molecule has 0 radical (unpaired) electrons. The molecule has 1 N–H and O–H groups in total. The Labute approximate surface area is 182 Å². The molecule has 3 atom stereocenters. The van der Waals surface area contributed by atoms with Crippen molar-refractivity contribution < 1.29 is 0 Å². The Morgan fingerprint density at radius 3 is 2.72 bits per heavy atom. The van der Waals surface area contributed by atoms with Gasteiger partial charge in [-0.3, -0.25) is 0 Å². The van der Waals surface area contributed by atoms with Crippen molar-refractivity contribution >= 4 is 29.1 Å². The maximum absolute atomic E-state index is 6.30. The minimum absolute atomic E-state index is 0.296. The second-order valence-corrected chi connectivity index (χ2v) is 9.49. The Hall–Kier alpha value is -2.16. The van der Waals surface area contributed by atoms with E-state index >= 15 is 0 Å². The lowest BCUT2D eigenvalue weighted by molar-refractivity contribution is 0.425. The highest BCUT2D eigenvalue weighted by Crippen LogP contribution is 2.51. The van der Waals surface area contributed by atoms with E-state index in [2.05, 4.69) is 85.1 Å². The van der Waals surface area contributed by atoms with E-state index in [9.17, 15) is 0 Å². The van der Waals surface area contributed by atoms with E-state index in [1.54, 1.807) is 0 Å². The summed E-state index contributed by atoms with van der Waals surface area (Å²) in [5, 5.41) is 4.68. The molecule has 29 heavy (non-hydrogen) atoms. The molecule has 1 heterocycles. The third kappa shape index (κ3) is 3.72. The standard InChI is InChI=1S/C26H24ClNS/c1-17-13-18(16-29-21-9-3-2-4-10-21)14-24-22-11-6-12-23(22)26(28-25(17)24)19-7-5-8-20(27)15-19/h2-11,13-15,22-23,26,28H,12,16H2,1H3/t22-,23+,26+/m0/s1. The number of allylic oxidation sites excluding steroid dienone is 2. The lowest BCUT2D eigenvalue weighted by Crippen LogP contribution is -2.29. The van der Waals surface area contributed by atoms with Crippen LogP contribution >= 0.6 is 23.4 Å². The van der Waals surface area contributed by atoms with E-state index in [1.165, 1.54) is 32.8 Å². The molecule has 2 aliphatic rings. The minimum atomic E-state index is 0.296. The largest absolute Gasteiger partial charge is 0.377 e. The predicted octanol–water partition coefficient (Wildman–Crippen LogP) is 7.77. The average molecular weight is 418 g/mol. The van der Waals surface area contributed by atoms with Crippen LogP contribution in [0.25, 0.3) is 0 Å². The topological polar surface area (TPSA) is 12.0 Å². The van der Waals surface area contributed by atoms with Crippen molar-refractivity contribution in [2.45, 2.75) is 36.0 Å². The number of aryl methyl sites for hydroxylation is 1. The zero-order chi connectivity index (χ0) is 19.8. The van der Waals surface area contributed by atoms with E-state index in [0.29, 0.717) is 17.9 Å². The van der Waals surface area contributed by atoms with Crippen LogP contribution in [-0.2, 0) is 5.75 Å². The van der Waals surface area contributed by atoms with Crippen molar-refractivity contribution in [3.63, 3.8) is 0 Å². The van der Waals surface area contributed by atoms with Crippen molar-refractivity contribution in [2.24, 2.45) is 5.92 Å². The lowest BCUT2D eigenvalue weighted by Gasteiger charge is -2.38. The summed E-state index contributed by atoms with van der Waals surface area (Å²) in [6, 6.07) is 24.0. The highest BCUT2D eigenvalue weighted by atomic mass is 35.5. The molecule has 1 aliphatic heterocycles. The molecule has 3 aromatic rings. The van der Waals surface area contributed by atoms with E-state index in [0.717, 1.165) is 17.2 Å². The predicted molar refractivity (Wildman–Crippen MR) is 125 cm³/mol. The summed E-state index contributed by atoms with van der Waals surface area (Å²) in [7, 11) is 0. The molecule has 1 nitrogen and oxygen atoms in total. The van der Waals surface area contributed by atoms with Crippen LogP contribution < -0.4 is 5.32 Å². The summed E-state index contributed by atoms with van der Waals surface area (Å²) in [4.78, 5) is 1.32. The smallest absolute Gasteiger partial charge is 0.0554 e. The molecule has 0 spiro atoms. The van der Waals surface area contributed by atoms with Gasteiger partial charge in [-0.1, -0.05) is 66.2 Å². The summed E-state index contributed by atoms with van der Waals surface area (Å²) in [5.74, 6) is 2.00. The Balaban J connectivity index is 1.47. The number of hydrogen-bond donors (Lipinski definition) is 1. The van der Waals surface area contributed by atoms with Gasteiger partial charge in [-0.25, -0.2) is 0 Å². The van der Waals surface area contributed by atoms with Gasteiger partial charge in [0.2, 0.25) is 0 Å². The Morgan fingerprint density at radius 2 is 1.90 bits per heavy atom. The summed E-state index contributed by atoms with van der Waals surface area (Å²) < 4.78 is 0. The number of fused-ring (bicyclic) bond motifs is 3. The van der Waals surface area contributed by atoms with Gasteiger partial charge in [0.15, 0.2) is 0 Å². The van der Waals surface area contributed by atoms with Crippen LogP contribution in [0, 0.1) is 12.8 Å². The molecule has 0 aromatic heterocycles. The highest BCUT2D eigenvalue weighted by Gasteiger charge is 2.38. The Bertz CT molecular complexity index is 1060. The normalized spacial score (nSPS) is 22.1. The fraction of sp³-hybridized carbons (Fsp3) is 0.231. The molecule has 1 aliphatic carbocycles. The number of thioether (sulfide) groups is 1. The second kappa shape index (κ2) is 7.93. The first-order chi connectivity index (χ1) is 14.2. The second-order valence-electron chi connectivity index (χ2n) is 8.01. The van der Waals surface area contributed by atoms with Crippen LogP contribution in [0.1, 0.15) is 40.6 Å². The first kappa shape index (κ1) is 18.8. The maximum Gasteiger partial charge on any atom is 0.0554 e. The third-order valence-electron chi connectivity index (χ3n) is 6.08. The van der Waals surface area contributed by atoms with E-state index in [-0.39, 0.29) is 0 Å². The number of rotatable bonds is 4. The molecular formula is C26H24ClNS. The van der Waals surface area contributed by atoms with Gasteiger partial charge in [-0.2, -0.15) is 0 Å². The number of anilines is 1. The van der Waals surface area contributed by atoms with E-state index < -0.39 is 0 Å². The van der Waals surface area contributed by atoms with Gasteiger partial charge in [0, 0.05) is 27.3 Å². The third-order valence-corrected chi connectivity index (χ3v) is 7.40. The first-order valence-electron chi connectivity index (χ1n) is 10.2. The molecule has 5 rings (SSSR count). The minimum Gasteiger partial charge on any atom is -0.377 e. The van der Waals surface area contributed by atoms with Gasteiger partial charge < -0.3 is 5.32 Å². The van der Waals surface area contributed by atoms with Crippen molar-refractivity contribution in [2.75, 3.05) is 5.32 Å². The van der Waals surface area contributed by atoms with Crippen molar-refractivity contribution in [1.29, 1.82) is 0 Å². The lowest BCUT2D eigenvalue weighted by atomic mass is 9.76. The van der Waals surface area contributed by atoms with Crippen LogP contribution in [0.5, 0.6) is 0 Å². The van der Waals surface area contributed by atoms with E-state index in [4.69, 9.17) is 11.6 Å². The summed E-state index contributed by atoms with van der Waals surface area (Å²) in [5.41, 5.74) is 6.76.